The van der Waals surface area contributed by atoms with Gasteiger partial charge in [0.15, 0.2) is 0 Å². The maximum Gasteiger partial charge on any atom is 0.121 e. The van der Waals surface area contributed by atoms with Gasteiger partial charge in [0, 0.05) is 42.9 Å². The molecule has 3 aromatic rings. The lowest BCUT2D eigenvalue weighted by molar-refractivity contribution is 0.476. The number of phenolic OH excluding ortho intramolecular Hbond substituents is 1. The number of aryl methyl sites for hydroxylation is 2. The maximum absolute atomic E-state index is 9.62. The van der Waals surface area contributed by atoms with Crippen LogP contribution < -0.4 is 5.73 Å². The number of aromatic hydroxyl groups is 1. The van der Waals surface area contributed by atoms with Gasteiger partial charge in [-0.15, -0.1) is 0 Å². The summed E-state index contributed by atoms with van der Waals surface area (Å²) in [6.45, 7) is 2.04. The van der Waals surface area contributed by atoms with Crippen LogP contribution >= 0.6 is 0 Å². The second kappa shape index (κ2) is 3.78. The molecule has 5 heteroatoms. The number of anilines is 1. The van der Waals surface area contributed by atoms with Gasteiger partial charge in [0.05, 0.1) is 11.2 Å². The van der Waals surface area contributed by atoms with Gasteiger partial charge in [0.2, 0.25) is 0 Å². The first-order chi connectivity index (χ1) is 8.99. The third kappa shape index (κ3) is 1.58. The van der Waals surface area contributed by atoms with Crippen LogP contribution in [0.5, 0.6) is 5.75 Å². The number of rotatable bonds is 1. The number of fused-ring (bicyclic) bond motifs is 1. The Bertz CT molecular complexity index is 763. The number of benzene rings is 1. The molecule has 0 unspecified atom stereocenters. The Morgan fingerprint density at radius 3 is 2.58 bits per heavy atom. The van der Waals surface area contributed by atoms with Crippen LogP contribution in [0.4, 0.5) is 5.82 Å². The van der Waals surface area contributed by atoms with Crippen molar-refractivity contribution in [3.05, 3.63) is 30.0 Å². The van der Waals surface area contributed by atoms with E-state index in [4.69, 9.17) is 5.73 Å². The van der Waals surface area contributed by atoms with E-state index >= 15 is 0 Å². The van der Waals surface area contributed by atoms with Crippen LogP contribution in [-0.4, -0.2) is 19.5 Å². The molecule has 0 saturated carbocycles. The third-order valence-electron chi connectivity index (χ3n) is 3.65. The molecule has 0 bridgehead atoms. The second-order valence-corrected chi connectivity index (χ2v) is 4.80. The number of aromatic nitrogens is 3. The van der Waals surface area contributed by atoms with Gasteiger partial charge in [0.25, 0.3) is 0 Å². The molecule has 0 amide bonds. The van der Waals surface area contributed by atoms with Crippen LogP contribution in [0, 0.1) is 6.92 Å². The molecule has 3 N–H and O–H groups in total. The third-order valence-corrected chi connectivity index (χ3v) is 3.65. The summed E-state index contributed by atoms with van der Waals surface area (Å²) >= 11 is 0. The molecule has 98 valence electrons. The zero-order chi connectivity index (χ0) is 13.7. The first-order valence-corrected chi connectivity index (χ1v) is 6.07. The molecular weight excluding hydrogens is 240 g/mol. The first kappa shape index (κ1) is 11.6. The highest BCUT2D eigenvalue weighted by Gasteiger charge is 2.16. The number of nitrogens with two attached hydrogens (primary N) is 1. The van der Waals surface area contributed by atoms with Gasteiger partial charge < -0.3 is 15.4 Å². The predicted molar refractivity (Wildman–Crippen MR) is 75.9 cm³/mol. The molecule has 0 aliphatic carbocycles. The Morgan fingerprint density at radius 1 is 1.21 bits per heavy atom. The molecule has 19 heavy (non-hydrogen) atoms. The Morgan fingerprint density at radius 2 is 1.95 bits per heavy atom. The Kier molecular flexibility index (Phi) is 2.32. The Hall–Kier alpha value is -2.43. The molecule has 0 aliphatic heterocycles. The second-order valence-electron chi connectivity index (χ2n) is 4.80. The van der Waals surface area contributed by atoms with Gasteiger partial charge in [-0.05, 0) is 19.1 Å². The van der Waals surface area contributed by atoms with Crippen LogP contribution in [0.3, 0.4) is 0 Å². The lowest BCUT2D eigenvalue weighted by Gasteiger charge is -1.98. The summed E-state index contributed by atoms with van der Waals surface area (Å²) in [7, 11) is 3.80. The number of nitrogen functional groups attached to an aromatic ring is 1. The summed E-state index contributed by atoms with van der Waals surface area (Å²) in [4.78, 5) is 0. The number of hydrogen-bond donors (Lipinski definition) is 2. The minimum atomic E-state index is 0.264. The van der Waals surface area contributed by atoms with E-state index in [0.717, 1.165) is 27.9 Å². The highest BCUT2D eigenvalue weighted by atomic mass is 16.3. The molecule has 1 aromatic carbocycles. The van der Waals surface area contributed by atoms with Crippen LogP contribution in [0.25, 0.3) is 22.2 Å². The van der Waals surface area contributed by atoms with Crippen molar-refractivity contribution >= 4 is 16.7 Å². The molecule has 0 spiro atoms. The molecule has 0 aliphatic rings. The summed E-state index contributed by atoms with van der Waals surface area (Å²) < 4.78 is 3.71. The van der Waals surface area contributed by atoms with Crippen molar-refractivity contribution < 1.29 is 5.11 Å². The summed E-state index contributed by atoms with van der Waals surface area (Å²) in [6, 6.07) is 7.24. The predicted octanol–water partition coefficient (Wildman–Crippen LogP) is 2.18. The fraction of sp³-hybridized carbons (Fsp3) is 0.214. The molecule has 2 heterocycles. The summed E-state index contributed by atoms with van der Waals surface area (Å²) in [5.41, 5.74) is 9.85. The zero-order valence-electron chi connectivity index (χ0n) is 11.2. The van der Waals surface area contributed by atoms with Gasteiger partial charge in [-0.25, -0.2) is 0 Å². The van der Waals surface area contributed by atoms with Crippen molar-refractivity contribution in [2.24, 2.45) is 14.1 Å². The highest BCUT2D eigenvalue weighted by Crippen LogP contribution is 2.35. The van der Waals surface area contributed by atoms with Crippen LogP contribution in [0.2, 0.25) is 0 Å². The summed E-state index contributed by atoms with van der Waals surface area (Å²) in [6.07, 6.45) is 0. The lowest BCUT2D eigenvalue weighted by Crippen LogP contribution is -1.96. The number of phenols is 1. The van der Waals surface area contributed by atoms with Gasteiger partial charge in [-0.1, -0.05) is 0 Å². The number of hydrogen-bond acceptors (Lipinski definition) is 3. The molecular formula is C14H16N4O. The van der Waals surface area contributed by atoms with Crippen molar-refractivity contribution in [2.75, 3.05) is 5.73 Å². The standard InChI is InChI=1S/C14H16N4O/c1-8-14(11-7-13(15)18(3)16-11)10-5-4-9(19)6-12(10)17(8)2/h4-7,19H,15H2,1-3H3. The van der Waals surface area contributed by atoms with E-state index in [0.29, 0.717) is 5.82 Å². The minimum absolute atomic E-state index is 0.264. The molecule has 3 rings (SSSR count). The normalized spacial score (nSPS) is 11.3. The zero-order valence-corrected chi connectivity index (χ0v) is 11.2. The van der Waals surface area contributed by atoms with E-state index in [9.17, 15) is 5.11 Å². The molecule has 2 aromatic heterocycles. The lowest BCUT2D eigenvalue weighted by atomic mass is 10.1. The minimum Gasteiger partial charge on any atom is -0.508 e. The average molecular weight is 256 g/mol. The van der Waals surface area contributed by atoms with Gasteiger partial charge >= 0.3 is 0 Å². The Labute approximate surface area is 110 Å². The SMILES string of the molecule is Cc1c(-c2cc(N)n(C)n2)c2ccc(O)cc2n1C. The first-order valence-electron chi connectivity index (χ1n) is 6.07. The van der Waals surface area contributed by atoms with Crippen molar-refractivity contribution in [3.63, 3.8) is 0 Å². The van der Waals surface area contributed by atoms with Crippen molar-refractivity contribution in [3.8, 4) is 17.0 Å². The van der Waals surface area contributed by atoms with E-state index < -0.39 is 0 Å². The van der Waals surface area contributed by atoms with Crippen LogP contribution in [-0.2, 0) is 14.1 Å². The van der Waals surface area contributed by atoms with Crippen LogP contribution in [0.15, 0.2) is 24.3 Å². The highest BCUT2D eigenvalue weighted by molar-refractivity contribution is 5.98. The van der Waals surface area contributed by atoms with Crippen molar-refractivity contribution in [2.45, 2.75) is 6.92 Å². The van der Waals surface area contributed by atoms with E-state index in [-0.39, 0.29) is 5.75 Å². The fourth-order valence-corrected chi connectivity index (χ4v) is 2.48. The smallest absolute Gasteiger partial charge is 0.121 e. The van der Waals surface area contributed by atoms with Gasteiger partial charge in [-0.2, -0.15) is 5.10 Å². The summed E-state index contributed by atoms with van der Waals surface area (Å²) in [5.74, 6) is 0.894. The van der Waals surface area contributed by atoms with Crippen molar-refractivity contribution in [1.29, 1.82) is 0 Å². The molecule has 0 radical (unpaired) electrons. The average Bonchev–Trinajstić information content (AvgIpc) is 2.81. The number of nitrogens with zero attached hydrogens (tertiary/aromatic N) is 3. The largest absolute Gasteiger partial charge is 0.508 e. The fourth-order valence-electron chi connectivity index (χ4n) is 2.48. The summed E-state index contributed by atoms with van der Waals surface area (Å²) in [5, 5.41) is 15.1. The quantitative estimate of drug-likeness (QED) is 0.701. The van der Waals surface area contributed by atoms with E-state index in [1.54, 1.807) is 16.8 Å². The molecule has 0 atom stereocenters. The van der Waals surface area contributed by atoms with Gasteiger partial charge in [0.1, 0.15) is 11.6 Å². The molecule has 0 saturated heterocycles. The monoisotopic (exact) mass is 256 g/mol. The van der Waals surface area contributed by atoms with E-state index in [2.05, 4.69) is 9.67 Å². The maximum atomic E-state index is 9.62. The van der Waals surface area contributed by atoms with Crippen molar-refractivity contribution in [1.82, 2.24) is 14.3 Å². The van der Waals surface area contributed by atoms with E-state index in [1.165, 1.54) is 0 Å². The Balaban J connectivity index is 2.38. The van der Waals surface area contributed by atoms with E-state index in [1.807, 2.05) is 33.2 Å². The topological polar surface area (TPSA) is 69.0 Å². The van der Waals surface area contributed by atoms with Gasteiger partial charge in [-0.3, -0.25) is 4.68 Å². The molecule has 5 nitrogen and oxygen atoms in total. The molecule has 0 fully saturated rings. The van der Waals surface area contributed by atoms with Crippen LogP contribution in [0.1, 0.15) is 5.69 Å².